The van der Waals surface area contributed by atoms with E-state index in [9.17, 15) is 37.2 Å². The first-order valence-electron chi connectivity index (χ1n) is 21.6. The first kappa shape index (κ1) is 42.9. The van der Waals surface area contributed by atoms with E-state index in [-0.39, 0.29) is 54.6 Å². The number of amides is 3. The summed E-state index contributed by atoms with van der Waals surface area (Å²) < 4.78 is 65.0. The number of piperidine rings is 1. The number of nitrogens with zero attached hydrogens (tertiary/aromatic N) is 9. The number of hydrogen-bond acceptors (Lipinski definition) is 13. The Morgan fingerprint density at radius 2 is 1.70 bits per heavy atom. The highest BCUT2D eigenvalue weighted by atomic mass is 32.2. The fourth-order valence-electron chi connectivity index (χ4n) is 9.32. The van der Waals surface area contributed by atoms with Crippen LogP contribution in [-0.2, 0) is 26.3 Å². The molecule has 0 radical (unpaired) electrons. The number of aromatic nitrogens is 3. The molecule has 5 aliphatic rings. The zero-order valence-electron chi connectivity index (χ0n) is 35.4. The predicted octanol–water partition coefficient (Wildman–Crippen LogP) is 3.30. The third kappa shape index (κ3) is 8.15. The number of carbonyl (C=O) groups is 3. The Hall–Kier alpha value is -7.02. The van der Waals surface area contributed by atoms with Crippen molar-refractivity contribution in [3.63, 3.8) is 0 Å². The third-order valence-electron chi connectivity index (χ3n) is 12.9. The van der Waals surface area contributed by atoms with Crippen molar-refractivity contribution in [1.29, 1.82) is 5.26 Å². The average Bonchev–Trinajstić information content (AvgIpc) is 3.89. The summed E-state index contributed by atoms with van der Waals surface area (Å²) in [5.41, 5.74) is 2.21. The molecule has 5 aliphatic heterocycles. The van der Waals surface area contributed by atoms with Crippen LogP contribution in [-0.4, -0.2) is 126 Å². The third-order valence-corrected chi connectivity index (χ3v) is 14.4. The zero-order chi connectivity index (χ0) is 45.9. The fourth-order valence-corrected chi connectivity index (χ4v) is 10.6. The summed E-state index contributed by atoms with van der Waals surface area (Å²) in [5, 5.41) is 12.4. The van der Waals surface area contributed by atoms with Crippen molar-refractivity contribution in [2.75, 3.05) is 73.4 Å². The number of hydrogen-bond donors (Lipinski definition) is 2. The number of alkyl halides is 1. The van der Waals surface area contributed by atoms with Crippen molar-refractivity contribution in [3.8, 4) is 23.3 Å². The Morgan fingerprint density at radius 1 is 0.894 bits per heavy atom. The minimum atomic E-state index is -4.25. The molecule has 2 aromatic heterocycles. The van der Waals surface area contributed by atoms with Crippen molar-refractivity contribution in [1.82, 2.24) is 34.0 Å². The van der Waals surface area contributed by atoms with Crippen LogP contribution >= 0.6 is 0 Å². The first-order valence-corrected chi connectivity index (χ1v) is 23.1. The van der Waals surface area contributed by atoms with Gasteiger partial charge in [-0.15, -0.1) is 0 Å². The minimum absolute atomic E-state index is 0.00367. The summed E-state index contributed by atoms with van der Waals surface area (Å²) in [6.45, 7) is 5.97. The molecule has 66 heavy (non-hydrogen) atoms. The second-order valence-electron chi connectivity index (χ2n) is 17.1. The summed E-state index contributed by atoms with van der Waals surface area (Å²) in [6.07, 6.45) is 2.26. The molecule has 3 aromatic carbocycles. The molecule has 7 heterocycles. The first-order chi connectivity index (χ1) is 31.8. The maximum Gasteiger partial charge on any atom is 0.301 e. The molecule has 3 amide bonds. The van der Waals surface area contributed by atoms with Crippen LogP contribution in [0.1, 0.15) is 40.7 Å². The monoisotopic (exact) mass is 919 g/mol. The van der Waals surface area contributed by atoms with Gasteiger partial charge in [-0.05, 0) is 79.1 Å². The summed E-state index contributed by atoms with van der Waals surface area (Å²) in [4.78, 5) is 68.6. The summed E-state index contributed by atoms with van der Waals surface area (Å²) in [6, 6.07) is 17.0. The van der Waals surface area contributed by atoms with Crippen molar-refractivity contribution >= 4 is 56.0 Å². The highest BCUT2D eigenvalue weighted by Crippen LogP contribution is 2.36. The second kappa shape index (κ2) is 17.1. The quantitative estimate of drug-likeness (QED) is 0.183. The lowest BCUT2D eigenvalue weighted by molar-refractivity contribution is -0.136. The number of nitrogens with one attached hydrogen (secondary N) is 2. The lowest BCUT2D eigenvalue weighted by Crippen LogP contribution is -2.55. The molecule has 0 bridgehead atoms. The maximum atomic E-state index is 15.2. The molecule has 2 atom stereocenters. The van der Waals surface area contributed by atoms with Crippen molar-refractivity contribution in [2.24, 2.45) is 5.92 Å². The van der Waals surface area contributed by atoms with Crippen LogP contribution in [0.3, 0.4) is 0 Å². The molecule has 10 rings (SSSR count). The lowest BCUT2D eigenvalue weighted by atomic mass is 9.97. The van der Waals surface area contributed by atoms with E-state index in [0.29, 0.717) is 35.7 Å². The van der Waals surface area contributed by atoms with Gasteiger partial charge in [-0.2, -0.15) is 18.0 Å². The fraction of sp³-hybridized carbons (Fsp3) is 0.356. The number of halogens is 2. The lowest BCUT2D eigenvalue weighted by Gasteiger charge is -2.45. The van der Waals surface area contributed by atoms with Gasteiger partial charge in [0.25, 0.3) is 11.5 Å². The predicted molar refractivity (Wildman–Crippen MR) is 237 cm³/mol. The average molecular weight is 920 g/mol. The second-order valence-corrected chi connectivity index (χ2v) is 18.8. The smallest absolute Gasteiger partial charge is 0.301 e. The molecule has 4 saturated heterocycles. The number of carbonyl (C=O) groups excluding carboxylic acids is 3. The number of pyridine rings is 1. The molecule has 21 heteroatoms. The van der Waals surface area contributed by atoms with Crippen LogP contribution in [0.5, 0.6) is 11.5 Å². The molecular weight excluding hydrogens is 877 g/mol. The Kier molecular flexibility index (Phi) is 11.1. The highest BCUT2D eigenvalue weighted by molar-refractivity contribution is 7.90. The molecule has 5 aromatic rings. The Balaban J connectivity index is 0.742. The van der Waals surface area contributed by atoms with Gasteiger partial charge in [0.15, 0.2) is 11.6 Å². The molecule has 0 spiro atoms. The van der Waals surface area contributed by atoms with Crippen molar-refractivity contribution in [3.05, 3.63) is 106 Å². The molecule has 0 saturated carbocycles. The number of benzene rings is 3. The Bertz CT molecular complexity index is 3010. The van der Waals surface area contributed by atoms with Crippen molar-refractivity contribution < 1.29 is 36.3 Å². The van der Waals surface area contributed by atoms with Crippen LogP contribution in [0.4, 0.5) is 26.0 Å². The Labute approximate surface area is 377 Å². The summed E-state index contributed by atoms with van der Waals surface area (Å²) in [7, 11) is -4.25. The van der Waals surface area contributed by atoms with E-state index in [4.69, 9.17) is 4.74 Å². The zero-order valence-corrected chi connectivity index (χ0v) is 36.2. The van der Waals surface area contributed by atoms with E-state index in [1.54, 1.807) is 23.2 Å². The maximum absolute atomic E-state index is 15.2. The SMILES string of the molecule is N#Cc1c(NS(=O)(=O)N2CC[C@@H](F)C2)ccc(F)c1Oc1ccc2ncn(-c3ccc(N4CCN(CC5CN(c6ccc7c(c6)CN(C6CCC(=O)NC6=O)C7=O)C5)CC4)nc3)c(=O)c2c1. The molecule has 2 N–H and O–H groups in total. The molecule has 0 aliphatic carbocycles. The summed E-state index contributed by atoms with van der Waals surface area (Å²) >= 11 is 0. The van der Waals surface area contributed by atoms with E-state index in [1.807, 2.05) is 24.3 Å². The van der Waals surface area contributed by atoms with E-state index >= 15 is 4.39 Å². The van der Waals surface area contributed by atoms with Crippen LogP contribution in [0.25, 0.3) is 16.6 Å². The van der Waals surface area contributed by atoms with Crippen LogP contribution in [0.2, 0.25) is 0 Å². The highest BCUT2D eigenvalue weighted by Gasteiger charge is 2.40. The molecule has 1 unspecified atom stereocenters. The molecule has 18 nitrogen and oxygen atoms in total. The van der Waals surface area contributed by atoms with E-state index in [0.717, 1.165) is 79.3 Å². The van der Waals surface area contributed by atoms with E-state index in [1.165, 1.54) is 29.1 Å². The van der Waals surface area contributed by atoms with Gasteiger partial charge in [0.05, 0.1) is 28.5 Å². The van der Waals surface area contributed by atoms with Crippen LogP contribution in [0, 0.1) is 23.1 Å². The van der Waals surface area contributed by atoms with Gasteiger partial charge in [0, 0.05) is 89.0 Å². The van der Waals surface area contributed by atoms with Gasteiger partial charge < -0.3 is 19.4 Å². The summed E-state index contributed by atoms with van der Waals surface area (Å²) in [5.74, 6) is -1.15. The topological polar surface area (TPSA) is 206 Å². The number of ether oxygens (including phenoxy) is 1. The van der Waals surface area contributed by atoms with E-state index in [2.05, 4.69) is 34.7 Å². The van der Waals surface area contributed by atoms with E-state index < -0.39 is 51.0 Å². The van der Waals surface area contributed by atoms with Gasteiger partial charge >= 0.3 is 10.2 Å². The number of anilines is 3. The normalized spacial score (nSPS) is 20.6. The minimum Gasteiger partial charge on any atom is -0.453 e. The van der Waals surface area contributed by atoms with Gasteiger partial charge in [0.1, 0.15) is 41.7 Å². The standard InChI is InChI=1S/C45H43F2N11O7S/c46-29-11-12-56(25-29)66(63,64)52-38-7-5-36(47)42(35(38)19-48)65-32-3-6-37-34(18-32)45(62)58(26-50-37)31-2-9-40(49-20-31)54-15-13-53(14-16-54)21-27-22-55(23-27)30-1-4-33-28(17-30)24-57(44(33)61)39-8-10-41(59)51-43(39)60/h1-7,9,17-18,20,26-27,29,39,52H,8,10-16,21-25H2,(H,51,59,60)/t29-,39?/m1/s1. The Morgan fingerprint density at radius 3 is 2.42 bits per heavy atom. The van der Waals surface area contributed by atoms with Crippen LogP contribution < -0.4 is 30.1 Å². The van der Waals surface area contributed by atoms with Gasteiger partial charge in [0.2, 0.25) is 11.8 Å². The van der Waals surface area contributed by atoms with Crippen LogP contribution in [0.15, 0.2) is 78.0 Å². The molecular formula is C45H43F2N11O7S. The van der Waals surface area contributed by atoms with Gasteiger partial charge in [-0.25, -0.2) is 18.7 Å². The number of fused-ring (bicyclic) bond motifs is 2. The number of nitriles is 1. The number of piperazine rings is 1. The molecule has 340 valence electrons. The van der Waals surface area contributed by atoms with Gasteiger partial charge in [-0.1, -0.05) is 0 Å². The van der Waals surface area contributed by atoms with Crippen molar-refractivity contribution in [2.45, 2.75) is 38.0 Å². The largest absolute Gasteiger partial charge is 0.453 e. The number of rotatable bonds is 11. The van der Waals surface area contributed by atoms with Gasteiger partial charge in [-0.3, -0.25) is 38.7 Å². The molecule has 4 fully saturated rings. The number of imide groups is 1.